The Bertz CT molecular complexity index is 316. The largest absolute Gasteiger partial charge is 0.479 e. The number of hydrogen-bond donors (Lipinski definition) is 1. The van der Waals surface area contributed by atoms with E-state index in [9.17, 15) is 4.79 Å². The van der Waals surface area contributed by atoms with Crippen LogP contribution in [0.1, 0.15) is 122 Å². The maximum atomic E-state index is 10.6. The molecule has 0 radical (unpaired) electrons. The van der Waals surface area contributed by atoms with Crippen molar-refractivity contribution in [3.8, 4) is 0 Å². The molecule has 0 aromatic carbocycles. The predicted octanol–water partition coefficient (Wildman–Crippen LogP) is 6.88. The third kappa shape index (κ3) is 13.3. The molecule has 2 unspecified atom stereocenters. The maximum absolute atomic E-state index is 10.6. The summed E-state index contributed by atoms with van der Waals surface area (Å²) in [5, 5.41) is 8.74. The summed E-state index contributed by atoms with van der Waals surface area (Å²) in [6.45, 7) is 2.28. The normalized spacial score (nSPS) is 19.2. The van der Waals surface area contributed by atoms with Gasteiger partial charge in [0.15, 0.2) is 6.10 Å². The van der Waals surface area contributed by atoms with Crippen molar-refractivity contribution >= 4 is 5.97 Å². The highest BCUT2D eigenvalue weighted by molar-refractivity contribution is 5.75. The number of aliphatic carboxylic acids is 1. The van der Waals surface area contributed by atoms with Gasteiger partial charge in [-0.25, -0.2) is 4.79 Å². The highest BCUT2D eigenvalue weighted by Crippen LogP contribution is 2.27. The summed E-state index contributed by atoms with van der Waals surface area (Å²) in [7, 11) is 0. The van der Waals surface area contributed by atoms with Crippen molar-refractivity contribution in [3.05, 3.63) is 0 Å². The third-order valence-electron chi connectivity index (χ3n) is 5.42. The van der Waals surface area contributed by atoms with Gasteiger partial charge in [-0.2, -0.15) is 0 Å². The molecule has 1 heterocycles. The Morgan fingerprint density at radius 2 is 1.04 bits per heavy atom. The van der Waals surface area contributed by atoms with Crippen LogP contribution in [0.3, 0.4) is 0 Å². The predicted molar refractivity (Wildman–Crippen MR) is 105 cm³/mol. The van der Waals surface area contributed by atoms with E-state index < -0.39 is 12.1 Å². The Balaban J connectivity index is 1.65. The zero-order chi connectivity index (χ0) is 18.2. The number of ether oxygens (including phenoxy) is 1. The van der Waals surface area contributed by atoms with Gasteiger partial charge in [0.25, 0.3) is 0 Å². The van der Waals surface area contributed by atoms with Gasteiger partial charge in [0.05, 0.1) is 6.10 Å². The lowest BCUT2D eigenvalue weighted by Gasteiger charge is -2.03. The van der Waals surface area contributed by atoms with Gasteiger partial charge in [0.2, 0.25) is 0 Å². The minimum Gasteiger partial charge on any atom is -0.479 e. The Hall–Kier alpha value is -0.570. The summed E-state index contributed by atoms with van der Waals surface area (Å²) < 4.78 is 5.11. The lowest BCUT2D eigenvalue weighted by molar-refractivity contribution is -0.138. The first-order valence-corrected chi connectivity index (χ1v) is 11.1. The number of hydrogen-bond acceptors (Lipinski definition) is 2. The smallest absolute Gasteiger partial charge is 0.335 e. The SMILES string of the molecule is CCCCCCCCCCCCCCCCCCCC1OC1C(=O)O. The van der Waals surface area contributed by atoms with Gasteiger partial charge in [-0.3, -0.25) is 0 Å². The van der Waals surface area contributed by atoms with E-state index in [0.29, 0.717) is 0 Å². The molecule has 0 bridgehead atoms. The molecule has 1 rings (SSSR count). The number of carbonyl (C=O) groups is 1. The summed E-state index contributed by atoms with van der Waals surface area (Å²) in [6.07, 6.45) is 23.9. The van der Waals surface area contributed by atoms with Crippen molar-refractivity contribution in [1.82, 2.24) is 0 Å². The van der Waals surface area contributed by atoms with E-state index in [0.717, 1.165) is 12.8 Å². The Morgan fingerprint density at radius 1 is 0.680 bits per heavy atom. The molecule has 3 heteroatoms. The molecule has 0 aromatic rings. The third-order valence-corrected chi connectivity index (χ3v) is 5.42. The van der Waals surface area contributed by atoms with Crippen molar-refractivity contribution in [2.75, 3.05) is 0 Å². The number of unbranched alkanes of at least 4 members (excludes halogenated alkanes) is 16. The monoisotopic (exact) mass is 354 g/mol. The second-order valence-corrected chi connectivity index (χ2v) is 7.88. The molecule has 1 aliphatic heterocycles. The van der Waals surface area contributed by atoms with E-state index in [1.165, 1.54) is 103 Å². The molecule has 3 nitrogen and oxygen atoms in total. The fourth-order valence-electron chi connectivity index (χ4n) is 3.65. The topological polar surface area (TPSA) is 49.8 Å². The van der Waals surface area contributed by atoms with Crippen LogP contribution in [0.5, 0.6) is 0 Å². The zero-order valence-corrected chi connectivity index (χ0v) is 16.6. The van der Waals surface area contributed by atoms with Crippen LogP contribution in [0.2, 0.25) is 0 Å². The Labute approximate surface area is 155 Å². The maximum Gasteiger partial charge on any atom is 0.335 e. The molecule has 0 aliphatic carbocycles. The molecular formula is C22H42O3. The second-order valence-electron chi connectivity index (χ2n) is 7.88. The van der Waals surface area contributed by atoms with Crippen molar-refractivity contribution in [3.63, 3.8) is 0 Å². The minimum absolute atomic E-state index is 0.00819. The average molecular weight is 355 g/mol. The fraction of sp³-hybridized carbons (Fsp3) is 0.955. The van der Waals surface area contributed by atoms with Crippen LogP contribution in [0.4, 0.5) is 0 Å². The van der Waals surface area contributed by atoms with E-state index in [-0.39, 0.29) is 6.10 Å². The van der Waals surface area contributed by atoms with Crippen LogP contribution in [0.15, 0.2) is 0 Å². The van der Waals surface area contributed by atoms with Crippen LogP contribution >= 0.6 is 0 Å². The van der Waals surface area contributed by atoms with Crippen LogP contribution in [-0.2, 0) is 9.53 Å². The summed E-state index contributed by atoms with van der Waals surface area (Å²) >= 11 is 0. The molecule has 1 fully saturated rings. The quantitative estimate of drug-likeness (QED) is 0.203. The summed E-state index contributed by atoms with van der Waals surface area (Å²) in [5.41, 5.74) is 0. The average Bonchev–Trinajstić information content (AvgIpc) is 3.37. The van der Waals surface area contributed by atoms with Gasteiger partial charge in [-0.15, -0.1) is 0 Å². The highest BCUT2D eigenvalue weighted by atomic mass is 16.6. The number of epoxide rings is 1. The Kier molecular flexibility index (Phi) is 14.1. The van der Waals surface area contributed by atoms with Crippen LogP contribution in [-0.4, -0.2) is 23.3 Å². The van der Waals surface area contributed by atoms with Crippen LogP contribution < -0.4 is 0 Å². The van der Waals surface area contributed by atoms with Crippen LogP contribution in [0, 0.1) is 0 Å². The number of carboxylic acid groups (broad SMARTS) is 1. The molecule has 148 valence electrons. The lowest BCUT2D eigenvalue weighted by Crippen LogP contribution is -2.07. The lowest BCUT2D eigenvalue weighted by atomic mass is 10.0. The molecular weight excluding hydrogens is 312 g/mol. The number of carboxylic acids is 1. The first kappa shape index (κ1) is 22.5. The molecule has 1 N–H and O–H groups in total. The van der Waals surface area contributed by atoms with Gasteiger partial charge >= 0.3 is 5.97 Å². The fourth-order valence-corrected chi connectivity index (χ4v) is 3.65. The molecule has 1 saturated heterocycles. The highest BCUT2D eigenvalue weighted by Gasteiger charge is 2.44. The molecule has 0 aromatic heterocycles. The standard InChI is InChI=1S/C22H42O3/c1-2-3-4-5-6-7-8-9-10-11-12-13-14-15-16-17-18-19-20-21(25-20)22(23)24/h20-21H,2-19H2,1H3,(H,23,24). The van der Waals surface area contributed by atoms with Gasteiger partial charge in [-0.1, -0.05) is 116 Å². The molecule has 2 atom stereocenters. The van der Waals surface area contributed by atoms with Crippen molar-refractivity contribution in [1.29, 1.82) is 0 Å². The number of rotatable bonds is 19. The van der Waals surface area contributed by atoms with E-state index in [1.54, 1.807) is 0 Å². The van der Waals surface area contributed by atoms with Gasteiger partial charge in [0, 0.05) is 0 Å². The van der Waals surface area contributed by atoms with Crippen molar-refractivity contribution < 1.29 is 14.6 Å². The first-order valence-electron chi connectivity index (χ1n) is 11.1. The van der Waals surface area contributed by atoms with Gasteiger partial charge in [-0.05, 0) is 6.42 Å². The van der Waals surface area contributed by atoms with E-state index >= 15 is 0 Å². The molecule has 25 heavy (non-hydrogen) atoms. The molecule has 1 aliphatic rings. The van der Waals surface area contributed by atoms with E-state index in [4.69, 9.17) is 9.84 Å². The zero-order valence-electron chi connectivity index (χ0n) is 16.6. The van der Waals surface area contributed by atoms with Crippen molar-refractivity contribution in [2.24, 2.45) is 0 Å². The van der Waals surface area contributed by atoms with E-state index in [1.807, 2.05) is 0 Å². The van der Waals surface area contributed by atoms with E-state index in [2.05, 4.69) is 6.92 Å². The summed E-state index contributed by atoms with van der Waals surface area (Å²) in [4.78, 5) is 10.6. The second kappa shape index (κ2) is 15.7. The molecule has 0 saturated carbocycles. The minimum atomic E-state index is -0.794. The van der Waals surface area contributed by atoms with Gasteiger partial charge < -0.3 is 9.84 Å². The van der Waals surface area contributed by atoms with Gasteiger partial charge in [0.1, 0.15) is 0 Å². The Morgan fingerprint density at radius 3 is 1.36 bits per heavy atom. The first-order chi connectivity index (χ1) is 12.3. The van der Waals surface area contributed by atoms with Crippen molar-refractivity contribution in [2.45, 2.75) is 135 Å². The summed E-state index contributed by atoms with van der Waals surface area (Å²) in [5.74, 6) is -0.794. The molecule has 0 spiro atoms. The van der Waals surface area contributed by atoms with Crippen LogP contribution in [0.25, 0.3) is 0 Å². The molecule has 0 amide bonds. The summed E-state index contributed by atoms with van der Waals surface area (Å²) in [6, 6.07) is 0.